The number of carbonyl (C=O) groups excluding carboxylic acids is 2. The van der Waals surface area contributed by atoms with Crippen LogP contribution < -0.4 is 5.32 Å². The quantitative estimate of drug-likeness (QED) is 0.900. The molecule has 0 radical (unpaired) electrons. The lowest BCUT2D eigenvalue weighted by molar-refractivity contribution is -0.125. The molecule has 0 saturated heterocycles. The summed E-state index contributed by atoms with van der Waals surface area (Å²) in [4.78, 5) is 27.7. The molecule has 6 heteroatoms. The van der Waals surface area contributed by atoms with Crippen LogP contribution in [0.4, 0.5) is 9.18 Å². The van der Waals surface area contributed by atoms with E-state index in [0.29, 0.717) is 29.9 Å². The van der Waals surface area contributed by atoms with Crippen LogP contribution in [0.25, 0.3) is 0 Å². The van der Waals surface area contributed by atoms with Gasteiger partial charge in [-0.3, -0.25) is 9.69 Å². The van der Waals surface area contributed by atoms with Crippen molar-refractivity contribution >= 4 is 11.9 Å². The van der Waals surface area contributed by atoms with E-state index in [9.17, 15) is 14.0 Å². The molecule has 1 aromatic rings. The fraction of sp³-hybridized carbons (Fsp3) is 0.333. The average molecular weight is 289 g/mol. The third-order valence-corrected chi connectivity index (χ3v) is 4.00. The van der Waals surface area contributed by atoms with Gasteiger partial charge in [-0.1, -0.05) is 12.1 Å². The van der Waals surface area contributed by atoms with E-state index < -0.39 is 6.04 Å². The van der Waals surface area contributed by atoms with Gasteiger partial charge in [-0.05, 0) is 24.6 Å². The summed E-state index contributed by atoms with van der Waals surface area (Å²) < 4.78 is 13.4. The number of likely N-dealkylation sites (N-methyl/N-ethyl adjacent to an activating group) is 2. The molecule has 3 amide bonds. The maximum Gasteiger partial charge on any atom is 0.322 e. The van der Waals surface area contributed by atoms with Gasteiger partial charge < -0.3 is 10.2 Å². The first-order chi connectivity index (χ1) is 10.0. The van der Waals surface area contributed by atoms with Crippen molar-refractivity contribution < 1.29 is 14.0 Å². The van der Waals surface area contributed by atoms with E-state index >= 15 is 0 Å². The van der Waals surface area contributed by atoms with Crippen molar-refractivity contribution in [3.63, 3.8) is 0 Å². The van der Waals surface area contributed by atoms with Gasteiger partial charge in [0.1, 0.15) is 5.82 Å². The van der Waals surface area contributed by atoms with Gasteiger partial charge in [-0.25, -0.2) is 9.18 Å². The second-order valence-corrected chi connectivity index (χ2v) is 5.18. The van der Waals surface area contributed by atoms with Crippen molar-refractivity contribution in [3.05, 3.63) is 46.9 Å². The second kappa shape index (κ2) is 4.87. The second-order valence-electron chi connectivity index (χ2n) is 5.18. The highest BCUT2D eigenvalue weighted by molar-refractivity contribution is 6.01. The number of carbonyl (C=O) groups is 2. The molecule has 5 nitrogen and oxygen atoms in total. The Kier molecular flexibility index (Phi) is 3.16. The van der Waals surface area contributed by atoms with Crippen molar-refractivity contribution in [3.8, 4) is 0 Å². The standard InChI is InChI=1S/C15H16FN3O2/c1-3-19-8-11-12(14(19)20)13(17-15(21)18(11)2)9-5-4-6-10(16)7-9/h4-7,13H,3,8H2,1-2H3,(H,17,21)/t13-/m0/s1. The number of rotatable bonds is 2. The molecule has 0 unspecified atom stereocenters. The van der Waals surface area contributed by atoms with Crippen LogP contribution >= 0.6 is 0 Å². The predicted octanol–water partition coefficient (Wildman–Crippen LogP) is 1.64. The Labute approximate surface area is 122 Å². The molecule has 0 aliphatic carbocycles. The molecule has 2 aliphatic heterocycles. The highest BCUT2D eigenvalue weighted by atomic mass is 19.1. The molecule has 0 fully saturated rings. The Balaban J connectivity index is 2.08. The minimum absolute atomic E-state index is 0.103. The SMILES string of the molecule is CCN1CC2=C(C1=O)[C@H](c1cccc(F)c1)NC(=O)N2C. The highest BCUT2D eigenvalue weighted by Gasteiger charge is 2.42. The first-order valence-corrected chi connectivity index (χ1v) is 6.85. The lowest BCUT2D eigenvalue weighted by atomic mass is 9.96. The minimum atomic E-state index is -0.594. The Morgan fingerprint density at radius 1 is 1.38 bits per heavy atom. The summed E-state index contributed by atoms with van der Waals surface area (Å²) in [6.45, 7) is 2.88. The van der Waals surface area contributed by atoms with E-state index in [1.165, 1.54) is 17.0 Å². The number of hydrogen-bond donors (Lipinski definition) is 1. The van der Waals surface area contributed by atoms with Gasteiger partial charge in [0.25, 0.3) is 5.91 Å². The zero-order valence-corrected chi connectivity index (χ0v) is 11.9. The van der Waals surface area contributed by atoms with Crippen molar-refractivity contribution in [1.29, 1.82) is 0 Å². The zero-order chi connectivity index (χ0) is 15.1. The molecule has 21 heavy (non-hydrogen) atoms. The number of benzene rings is 1. The van der Waals surface area contributed by atoms with E-state index in [2.05, 4.69) is 5.32 Å². The smallest absolute Gasteiger partial charge is 0.322 e. The fourth-order valence-corrected chi connectivity index (χ4v) is 2.81. The topological polar surface area (TPSA) is 52.7 Å². The molecule has 0 spiro atoms. The normalized spacial score (nSPS) is 21.8. The number of hydrogen-bond acceptors (Lipinski definition) is 2. The Hall–Kier alpha value is -2.37. The van der Waals surface area contributed by atoms with Gasteiger partial charge in [0.05, 0.1) is 23.9 Å². The molecule has 0 bridgehead atoms. The fourth-order valence-electron chi connectivity index (χ4n) is 2.81. The third-order valence-electron chi connectivity index (χ3n) is 4.00. The number of halogens is 1. The van der Waals surface area contributed by atoms with Crippen molar-refractivity contribution in [2.45, 2.75) is 13.0 Å². The molecule has 0 saturated carbocycles. The van der Waals surface area contributed by atoms with Crippen LogP contribution in [0.2, 0.25) is 0 Å². The van der Waals surface area contributed by atoms with Gasteiger partial charge in [0.2, 0.25) is 0 Å². The Bertz CT molecular complexity index is 656. The molecule has 2 aliphatic rings. The molecule has 1 atom stereocenters. The maximum atomic E-state index is 13.4. The number of urea groups is 1. The number of nitrogens with one attached hydrogen (secondary N) is 1. The molecule has 1 N–H and O–H groups in total. The van der Waals surface area contributed by atoms with E-state index in [4.69, 9.17) is 0 Å². The predicted molar refractivity (Wildman–Crippen MR) is 74.7 cm³/mol. The van der Waals surface area contributed by atoms with Crippen LogP contribution in [-0.2, 0) is 4.79 Å². The summed E-state index contributed by atoms with van der Waals surface area (Å²) >= 11 is 0. The summed E-state index contributed by atoms with van der Waals surface area (Å²) in [6.07, 6.45) is 0. The van der Waals surface area contributed by atoms with Gasteiger partial charge in [-0.2, -0.15) is 0 Å². The summed E-state index contributed by atoms with van der Waals surface area (Å²) in [7, 11) is 1.64. The lowest BCUT2D eigenvalue weighted by Gasteiger charge is -2.31. The molecule has 1 aromatic carbocycles. The number of amides is 3. The van der Waals surface area contributed by atoms with Crippen LogP contribution in [-0.4, -0.2) is 41.9 Å². The van der Waals surface area contributed by atoms with Crippen LogP contribution in [0.3, 0.4) is 0 Å². The molecular formula is C15H16FN3O2. The Morgan fingerprint density at radius 3 is 2.81 bits per heavy atom. The molecule has 2 heterocycles. The van der Waals surface area contributed by atoms with Gasteiger partial charge in [0, 0.05) is 13.6 Å². The molecule has 110 valence electrons. The van der Waals surface area contributed by atoms with Crippen LogP contribution in [0.15, 0.2) is 35.5 Å². The Morgan fingerprint density at radius 2 is 2.14 bits per heavy atom. The average Bonchev–Trinajstić information content (AvgIpc) is 2.80. The van der Waals surface area contributed by atoms with E-state index in [1.54, 1.807) is 24.1 Å². The molecule has 0 aromatic heterocycles. The molecular weight excluding hydrogens is 273 g/mol. The van der Waals surface area contributed by atoms with Crippen molar-refractivity contribution in [2.75, 3.05) is 20.1 Å². The first-order valence-electron chi connectivity index (χ1n) is 6.85. The summed E-state index contributed by atoms with van der Waals surface area (Å²) in [5, 5.41) is 2.77. The largest absolute Gasteiger partial charge is 0.333 e. The third kappa shape index (κ3) is 2.07. The highest BCUT2D eigenvalue weighted by Crippen LogP contribution is 2.35. The van der Waals surface area contributed by atoms with E-state index in [0.717, 1.165) is 0 Å². The van der Waals surface area contributed by atoms with Crippen LogP contribution in [0, 0.1) is 5.82 Å². The zero-order valence-electron chi connectivity index (χ0n) is 11.9. The van der Waals surface area contributed by atoms with Gasteiger partial charge >= 0.3 is 6.03 Å². The molecule has 3 rings (SSSR count). The van der Waals surface area contributed by atoms with Crippen molar-refractivity contribution in [1.82, 2.24) is 15.1 Å². The van der Waals surface area contributed by atoms with E-state index in [-0.39, 0.29) is 17.8 Å². The summed E-state index contributed by atoms with van der Waals surface area (Å²) in [5.41, 5.74) is 1.81. The number of nitrogens with zero attached hydrogens (tertiary/aromatic N) is 2. The maximum absolute atomic E-state index is 13.4. The van der Waals surface area contributed by atoms with Crippen LogP contribution in [0.5, 0.6) is 0 Å². The van der Waals surface area contributed by atoms with Crippen molar-refractivity contribution in [2.24, 2.45) is 0 Å². The van der Waals surface area contributed by atoms with Crippen LogP contribution in [0.1, 0.15) is 18.5 Å². The summed E-state index contributed by atoms with van der Waals surface area (Å²) in [5.74, 6) is -0.491. The van der Waals surface area contributed by atoms with E-state index in [1.807, 2.05) is 6.92 Å². The monoisotopic (exact) mass is 289 g/mol. The minimum Gasteiger partial charge on any atom is -0.333 e. The first kappa shape index (κ1) is 13.6. The summed E-state index contributed by atoms with van der Waals surface area (Å²) in [6, 6.07) is 5.10. The lowest BCUT2D eigenvalue weighted by Crippen LogP contribution is -2.45. The van der Waals surface area contributed by atoms with Gasteiger partial charge in [0.15, 0.2) is 0 Å². The van der Waals surface area contributed by atoms with Gasteiger partial charge in [-0.15, -0.1) is 0 Å².